The fourth-order valence-corrected chi connectivity index (χ4v) is 4.31. The van der Waals surface area contributed by atoms with Crippen LogP contribution in [-0.2, 0) is 4.74 Å². The van der Waals surface area contributed by atoms with Gasteiger partial charge in [-0.05, 0) is 36.8 Å². The van der Waals surface area contributed by atoms with Gasteiger partial charge in [0, 0.05) is 32.7 Å². The van der Waals surface area contributed by atoms with Gasteiger partial charge in [0.15, 0.2) is 17.5 Å². The smallest absolute Gasteiger partial charge is 0.320 e. The first-order chi connectivity index (χ1) is 16.8. The molecule has 2 unspecified atom stereocenters. The summed E-state index contributed by atoms with van der Waals surface area (Å²) in [5.74, 6) is -4.33. The molecular formula is C24H26F3N5O3. The quantitative estimate of drug-likeness (QED) is 0.445. The highest BCUT2D eigenvalue weighted by atomic mass is 19.2. The Labute approximate surface area is 199 Å². The second-order valence-electron chi connectivity index (χ2n) is 8.45. The molecule has 0 spiro atoms. The molecule has 2 aromatic carbocycles. The minimum absolute atomic E-state index is 0.241. The van der Waals surface area contributed by atoms with Crippen molar-refractivity contribution in [2.24, 2.45) is 0 Å². The molecule has 1 aliphatic rings. The number of para-hydroxylation sites is 1. The number of hydrogen-bond acceptors (Lipinski definition) is 4. The molecule has 0 radical (unpaired) electrons. The van der Waals surface area contributed by atoms with Gasteiger partial charge >= 0.3 is 6.03 Å². The summed E-state index contributed by atoms with van der Waals surface area (Å²) in [6, 6.07) is 9.76. The number of carbonyl (C=O) groups is 1. The van der Waals surface area contributed by atoms with E-state index in [9.17, 15) is 22.8 Å². The summed E-state index contributed by atoms with van der Waals surface area (Å²) in [5, 5.41) is 8.26. The van der Waals surface area contributed by atoms with E-state index < -0.39 is 35.4 Å². The largest absolute Gasteiger partial charge is 0.383 e. The van der Waals surface area contributed by atoms with Crippen LogP contribution in [0, 0.1) is 24.4 Å². The molecule has 4 rings (SSSR count). The van der Waals surface area contributed by atoms with Crippen LogP contribution in [0.5, 0.6) is 0 Å². The van der Waals surface area contributed by atoms with Crippen molar-refractivity contribution >= 4 is 11.8 Å². The SMILES string of the molecule is COCCN1CC(NC(=O)Nc2c(C)c(=O)[nH]n2-c2ccccc2)C(c2cc(F)c(F)c(F)c2)C1. The number of benzene rings is 2. The highest BCUT2D eigenvalue weighted by Crippen LogP contribution is 2.30. The normalized spacial score (nSPS) is 18.1. The van der Waals surface area contributed by atoms with Gasteiger partial charge in [-0.25, -0.2) is 22.6 Å². The summed E-state index contributed by atoms with van der Waals surface area (Å²) in [6.07, 6.45) is 0. The number of likely N-dealkylation sites (tertiary alicyclic amines) is 1. The van der Waals surface area contributed by atoms with Crippen LogP contribution < -0.4 is 16.2 Å². The molecule has 1 saturated heterocycles. The number of hydrogen-bond donors (Lipinski definition) is 3. The number of ether oxygens (including phenoxy) is 1. The van der Waals surface area contributed by atoms with Crippen molar-refractivity contribution in [1.82, 2.24) is 20.0 Å². The Kier molecular flexibility index (Phi) is 7.27. The number of rotatable bonds is 7. The monoisotopic (exact) mass is 489 g/mol. The number of nitrogens with zero attached hydrogens (tertiary/aromatic N) is 2. The van der Waals surface area contributed by atoms with Crippen molar-refractivity contribution < 1.29 is 22.7 Å². The predicted molar refractivity (Wildman–Crippen MR) is 124 cm³/mol. The molecule has 8 nitrogen and oxygen atoms in total. The van der Waals surface area contributed by atoms with E-state index in [1.807, 2.05) is 11.0 Å². The van der Waals surface area contributed by atoms with Crippen LogP contribution in [0.3, 0.4) is 0 Å². The van der Waals surface area contributed by atoms with Crippen molar-refractivity contribution in [2.75, 3.05) is 38.7 Å². The zero-order valence-electron chi connectivity index (χ0n) is 19.3. The molecule has 2 amide bonds. The lowest BCUT2D eigenvalue weighted by molar-refractivity contribution is 0.159. The number of nitrogens with one attached hydrogen (secondary N) is 3. The number of halogens is 3. The molecule has 0 bridgehead atoms. The average Bonchev–Trinajstić information content (AvgIpc) is 3.37. The molecule has 1 aromatic heterocycles. The molecule has 11 heteroatoms. The number of methoxy groups -OCH3 is 1. The van der Waals surface area contributed by atoms with E-state index in [1.165, 1.54) is 4.68 Å². The summed E-state index contributed by atoms with van der Waals surface area (Å²) >= 11 is 0. The molecule has 1 aliphatic heterocycles. The first kappa shape index (κ1) is 24.6. The van der Waals surface area contributed by atoms with E-state index in [-0.39, 0.29) is 16.9 Å². The predicted octanol–water partition coefficient (Wildman–Crippen LogP) is 3.13. The van der Waals surface area contributed by atoms with Crippen LogP contribution in [0.4, 0.5) is 23.8 Å². The van der Waals surface area contributed by atoms with E-state index in [0.29, 0.717) is 37.5 Å². The van der Waals surface area contributed by atoms with E-state index in [4.69, 9.17) is 4.74 Å². The maximum absolute atomic E-state index is 13.9. The Morgan fingerprint density at radius 3 is 2.49 bits per heavy atom. The van der Waals surface area contributed by atoms with Gasteiger partial charge in [-0.3, -0.25) is 20.1 Å². The first-order valence-corrected chi connectivity index (χ1v) is 11.1. The fourth-order valence-electron chi connectivity index (χ4n) is 4.31. The van der Waals surface area contributed by atoms with E-state index >= 15 is 0 Å². The zero-order chi connectivity index (χ0) is 25.1. The number of urea groups is 1. The molecule has 3 aromatic rings. The van der Waals surface area contributed by atoms with Crippen molar-refractivity contribution in [3.05, 3.63) is 81.4 Å². The van der Waals surface area contributed by atoms with Crippen molar-refractivity contribution in [2.45, 2.75) is 18.9 Å². The Morgan fingerprint density at radius 1 is 1.14 bits per heavy atom. The van der Waals surface area contributed by atoms with Crippen molar-refractivity contribution in [1.29, 1.82) is 0 Å². The Morgan fingerprint density at radius 2 is 1.83 bits per heavy atom. The molecule has 186 valence electrons. The first-order valence-electron chi connectivity index (χ1n) is 11.1. The minimum Gasteiger partial charge on any atom is -0.383 e. The highest BCUT2D eigenvalue weighted by molar-refractivity contribution is 5.89. The summed E-state index contributed by atoms with van der Waals surface area (Å²) < 4.78 is 48.0. The number of aromatic amines is 1. The van der Waals surface area contributed by atoms with Gasteiger partial charge < -0.3 is 10.1 Å². The van der Waals surface area contributed by atoms with Crippen LogP contribution in [0.2, 0.25) is 0 Å². The molecule has 2 heterocycles. The number of anilines is 1. The van der Waals surface area contributed by atoms with Gasteiger partial charge in [0.2, 0.25) is 0 Å². The van der Waals surface area contributed by atoms with Crippen LogP contribution in [0.1, 0.15) is 17.0 Å². The second kappa shape index (κ2) is 10.4. The lowest BCUT2D eigenvalue weighted by atomic mass is 9.94. The summed E-state index contributed by atoms with van der Waals surface area (Å²) in [5.41, 5.74) is 0.850. The maximum atomic E-state index is 13.9. The Balaban J connectivity index is 1.57. The molecule has 3 N–H and O–H groups in total. The van der Waals surface area contributed by atoms with Gasteiger partial charge in [0.1, 0.15) is 5.82 Å². The minimum atomic E-state index is -1.54. The van der Waals surface area contributed by atoms with E-state index in [2.05, 4.69) is 15.7 Å². The summed E-state index contributed by atoms with van der Waals surface area (Å²) in [7, 11) is 1.56. The zero-order valence-corrected chi connectivity index (χ0v) is 19.3. The maximum Gasteiger partial charge on any atom is 0.320 e. The van der Waals surface area contributed by atoms with Gasteiger partial charge in [-0.2, -0.15) is 0 Å². The number of amides is 2. The van der Waals surface area contributed by atoms with Gasteiger partial charge in [0.25, 0.3) is 5.56 Å². The average molecular weight is 489 g/mol. The van der Waals surface area contributed by atoms with Crippen molar-refractivity contribution in [3.8, 4) is 5.69 Å². The van der Waals surface area contributed by atoms with Crippen LogP contribution in [0.25, 0.3) is 5.69 Å². The van der Waals surface area contributed by atoms with Gasteiger partial charge in [-0.1, -0.05) is 18.2 Å². The van der Waals surface area contributed by atoms with Crippen molar-refractivity contribution in [3.63, 3.8) is 0 Å². The topological polar surface area (TPSA) is 91.4 Å². The third-order valence-electron chi connectivity index (χ3n) is 6.14. The van der Waals surface area contributed by atoms with Crippen LogP contribution in [-0.4, -0.2) is 60.1 Å². The number of H-pyrrole nitrogens is 1. The molecule has 0 aliphatic carbocycles. The lowest BCUT2D eigenvalue weighted by Crippen LogP contribution is -2.42. The lowest BCUT2D eigenvalue weighted by Gasteiger charge is -2.21. The molecule has 35 heavy (non-hydrogen) atoms. The summed E-state index contributed by atoms with van der Waals surface area (Å²) in [6.45, 7) is 3.34. The third kappa shape index (κ3) is 5.25. The Hall–Kier alpha value is -3.57. The Bertz CT molecular complexity index is 1240. The standard InChI is InChI=1S/C24H26F3N5O3/c1-14-22(32(30-23(14)33)16-6-4-3-5-7-16)29-24(34)28-20-13-31(8-9-35-2)12-17(20)15-10-18(25)21(27)19(26)11-15/h3-7,10-11,17,20H,8-9,12-13H2,1-2H3,(H,30,33)(H2,28,29,34). The highest BCUT2D eigenvalue weighted by Gasteiger charge is 2.36. The molecule has 0 saturated carbocycles. The summed E-state index contributed by atoms with van der Waals surface area (Å²) in [4.78, 5) is 27.2. The molecule has 2 atom stereocenters. The van der Waals surface area contributed by atoms with Crippen LogP contribution >= 0.6 is 0 Å². The fraction of sp³-hybridized carbons (Fsp3) is 0.333. The van der Waals surface area contributed by atoms with Crippen LogP contribution in [0.15, 0.2) is 47.3 Å². The van der Waals surface area contributed by atoms with E-state index in [1.54, 1.807) is 38.3 Å². The van der Waals surface area contributed by atoms with Gasteiger partial charge in [-0.15, -0.1) is 0 Å². The molecular weight excluding hydrogens is 463 g/mol. The van der Waals surface area contributed by atoms with E-state index in [0.717, 1.165) is 12.1 Å². The molecule has 1 fully saturated rings. The third-order valence-corrected chi connectivity index (χ3v) is 6.14. The second-order valence-corrected chi connectivity index (χ2v) is 8.45. The van der Waals surface area contributed by atoms with Gasteiger partial charge in [0.05, 0.1) is 23.9 Å². The number of carbonyl (C=O) groups excluding carboxylic acids is 1. The number of aromatic nitrogens is 2.